The summed E-state index contributed by atoms with van der Waals surface area (Å²) in [4.78, 5) is 32.2. The first kappa shape index (κ1) is 10.8. The molecule has 0 unspecified atom stereocenters. The highest BCUT2D eigenvalue weighted by molar-refractivity contribution is 5.94. The van der Waals surface area contributed by atoms with E-state index in [-0.39, 0.29) is 16.8 Å². The van der Waals surface area contributed by atoms with E-state index in [1.54, 1.807) is 0 Å². The number of hydrogen-bond donors (Lipinski definition) is 1. The van der Waals surface area contributed by atoms with E-state index < -0.39 is 16.5 Å². The minimum absolute atomic E-state index is 0.0317. The predicted molar refractivity (Wildman–Crippen MR) is 57.7 cm³/mol. The van der Waals surface area contributed by atoms with Gasteiger partial charge in [-0.25, -0.2) is 4.79 Å². The van der Waals surface area contributed by atoms with Crippen LogP contribution in [0, 0.1) is 10.1 Å². The van der Waals surface area contributed by atoms with Crippen LogP contribution in [0.25, 0.3) is 10.8 Å². The molecule has 0 atom stereocenters. The molecule has 0 bridgehead atoms. The van der Waals surface area contributed by atoms with Crippen molar-refractivity contribution in [2.75, 3.05) is 0 Å². The number of rotatable bonds is 2. The topological polar surface area (TPSA) is 116 Å². The van der Waals surface area contributed by atoms with Gasteiger partial charge in [0.05, 0.1) is 10.3 Å². The SMILES string of the molecule is NC(=O)c1cc2ccc([N+](=O)[O-])cc2c(=O)o1. The third-order valence-corrected chi connectivity index (χ3v) is 2.20. The fourth-order valence-corrected chi connectivity index (χ4v) is 1.41. The lowest BCUT2D eigenvalue weighted by Crippen LogP contribution is -2.14. The average molecular weight is 234 g/mol. The fourth-order valence-electron chi connectivity index (χ4n) is 1.41. The van der Waals surface area contributed by atoms with Crippen molar-refractivity contribution >= 4 is 22.4 Å². The van der Waals surface area contributed by atoms with Crippen LogP contribution in [0.1, 0.15) is 10.6 Å². The van der Waals surface area contributed by atoms with Gasteiger partial charge in [-0.2, -0.15) is 0 Å². The number of benzene rings is 1. The van der Waals surface area contributed by atoms with Crippen molar-refractivity contribution < 1.29 is 14.1 Å². The van der Waals surface area contributed by atoms with Gasteiger partial charge >= 0.3 is 5.63 Å². The highest BCUT2D eigenvalue weighted by Crippen LogP contribution is 2.18. The highest BCUT2D eigenvalue weighted by Gasteiger charge is 2.12. The monoisotopic (exact) mass is 234 g/mol. The molecule has 17 heavy (non-hydrogen) atoms. The van der Waals surface area contributed by atoms with E-state index in [0.29, 0.717) is 5.39 Å². The summed E-state index contributed by atoms with van der Waals surface area (Å²) < 4.78 is 4.63. The van der Waals surface area contributed by atoms with Gasteiger partial charge in [-0.1, -0.05) is 0 Å². The van der Waals surface area contributed by atoms with Gasteiger partial charge in [-0.3, -0.25) is 14.9 Å². The van der Waals surface area contributed by atoms with Crippen molar-refractivity contribution in [2.24, 2.45) is 5.73 Å². The Kier molecular flexibility index (Phi) is 2.36. The number of nitro groups is 1. The summed E-state index contributed by atoms with van der Waals surface area (Å²) in [5, 5.41) is 10.9. The maximum Gasteiger partial charge on any atom is 0.344 e. The van der Waals surface area contributed by atoms with Crippen LogP contribution in [-0.4, -0.2) is 10.8 Å². The molecule has 2 aromatic rings. The van der Waals surface area contributed by atoms with E-state index >= 15 is 0 Å². The Labute approximate surface area is 93.6 Å². The van der Waals surface area contributed by atoms with Gasteiger partial charge in [-0.15, -0.1) is 0 Å². The molecule has 1 aromatic carbocycles. The first-order valence-electron chi connectivity index (χ1n) is 4.51. The minimum Gasteiger partial charge on any atom is -0.417 e. The first-order valence-corrected chi connectivity index (χ1v) is 4.51. The van der Waals surface area contributed by atoms with E-state index in [2.05, 4.69) is 4.42 Å². The number of fused-ring (bicyclic) bond motifs is 1. The molecule has 0 radical (unpaired) electrons. The van der Waals surface area contributed by atoms with E-state index in [9.17, 15) is 19.7 Å². The summed E-state index contributed by atoms with van der Waals surface area (Å²) >= 11 is 0. The lowest BCUT2D eigenvalue weighted by atomic mass is 10.1. The quantitative estimate of drug-likeness (QED) is 0.609. The van der Waals surface area contributed by atoms with E-state index in [0.717, 1.165) is 6.07 Å². The van der Waals surface area contributed by atoms with Crippen LogP contribution in [0.2, 0.25) is 0 Å². The summed E-state index contributed by atoms with van der Waals surface area (Å²) in [5.74, 6) is -1.15. The molecule has 0 aliphatic carbocycles. The van der Waals surface area contributed by atoms with Crippen LogP contribution in [0.3, 0.4) is 0 Å². The number of nitrogens with zero attached hydrogens (tertiary/aromatic N) is 1. The van der Waals surface area contributed by atoms with E-state index in [1.807, 2.05) is 0 Å². The lowest BCUT2D eigenvalue weighted by Gasteiger charge is -1.98. The van der Waals surface area contributed by atoms with Gasteiger partial charge in [-0.05, 0) is 17.5 Å². The Morgan fingerprint density at radius 2 is 2.06 bits per heavy atom. The molecule has 7 nitrogen and oxygen atoms in total. The Morgan fingerprint density at radius 1 is 1.35 bits per heavy atom. The average Bonchev–Trinajstić information content (AvgIpc) is 2.28. The highest BCUT2D eigenvalue weighted by atomic mass is 16.6. The van der Waals surface area contributed by atoms with E-state index in [4.69, 9.17) is 5.73 Å². The normalized spacial score (nSPS) is 10.4. The van der Waals surface area contributed by atoms with Crippen LogP contribution in [0.15, 0.2) is 33.5 Å². The first-order chi connectivity index (χ1) is 7.99. The van der Waals surface area contributed by atoms with Crippen molar-refractivity contribution in [1.29, 1.82) is 0 Å². The van der Waals surface area contributed by atoms with Gasteiger partial charge in [0.1, 0.15) is 0 Å². The molecule has 2 rings (SSSR count). The third kappa shape index (κ3) is 1.85. The summed E-state index contributed by atoms with van der Waals surface area (Å²) in [7, 11) is 0. The van der Waals surface area contributed by atoms with Gasteiger partial charge < -0.3 is 10.2 Å². The second-order valence-electron chi connectivity index (χ2n) is 3.29. The summed E-state index contributed by atoms with van der Waals surface area (Å²) in [6.45, 7) is 0. The molecule has 0 fully saturated rings. The molecule has 1 aromatic heterocycles. The van der Waals surface area contributed by atoms with Crippen LogP contribution in [0.5, 0.6) is 0 Å². The third-order valence-electron chi connectivity index (χ3n) is 2.20. The molecule has 1 amide bonds. The molecular weight excluding hydrogens is 228 g/mol. The smallest absolute Gasteiger partial charge is 0.344 e. The number of carbonyl (C=O) groups excluding carboxylic acids is 1. The maximum atomic E-state index is 11.5. The van der Waals surface area contributed by atoms with Crippen LogP contribution in [0.4, 0.5) is 5.69 Å². The van der Waals surface area contributed by atoms with Crippen LogP contribution < -0.4 is 11.4 Å². The molecule has 2 N–H and O–H groups in total. The lowest BCUT2D eigenvalue weighted by molar-refractivity contribution is -0.384. The minimum atomic E-state index is -0.873. The standard InChI is InChI=1S/C10H6N2O5/c11-9(13)8-3-5-1-2-6(12(15)16)4-7(5)10(14)17-8/h1-4H,(H2,11,13). The molecular formula is C10H6N2O5. The molecule has 86 valence electrons. The molecule has 0 spiro atoms. The zero-order chi connectivity index (χ0) is 12.6. The number of nitro benzene ring substituents is 1. The summed E-state index contributed by atoms with van der Waals surface area (Å²) in [6.07, 6.45) is 0. The molecule has 0 aliphatic heterocycles. The number of nitrogens with two attached hydrogens (primary N) is 1. The van der Waals surface area contributed by atoms with Crippen molar-refractivity contribution in [3.8, 4) is 0 Å². The number of non-ortho nitro benzene ring substituents is 1. The molecule has 0 saturated heterocycles. The van der Waals surface area contributed by atoms with Gasteiger partial charge in [0.25, 0.3) is 11.6 Å². The number of carbonyl (C=O) groups is 1. The van der Waals surface area contributed by atoms with Gasteiger partial charge in [0.15, 0.2) is 5.76 Å². The number of amides is 1. The molecule has 0 saturated carbocycles. The Bertz CT molecular complexity index is 689. The maximum absolute atomic E-state index is 11.5. The van der Waals surface area contributed by atoms with Gasteiger partial charge in [0, 0.05) is 12.1 Å². The predicted octanol–water partition coefficient (Wildman–Crippen LogP) is 0.800. The van der Waals surface area contributed by atoms with Crippen molar-refractivity contribution in [1.82, 2.24) is 0 Å². The second kappa shape index (κ2) is 3.71. The summed E-state index contributed by atoms with van der Waals surface area (Å²) in [6, 6.07) is 4.94. The Balaban J connectivity index is 2.77. The molecule has 0 aliphatic rings. The van der Waals surface area contributed by atoms with Crippen molar-refractivity contribution in [2.45, 2.75) is 0 Å². The molecule has 1 heterocycles. The number of primary amides is 1. The zero-order valence-electron chi connectivity index (χ0n) is 8.38. The fraction of sp³-hybridized carbons (Fsp3) is 0. The van der Waals surface area contributed by atoms with Crippen LogP contribution in [-0.2, 0) is 0 Å². The van der Waals surface area contributed by atoms with Crippen molar-refractivity contribution in [3.05, 3.63) is 50.6 Å². The van der Waals surface area contributed by atoms with E-state index in [1.165, 1.54) is 18.2 Å². The molecule has 7 heteroatoms. The summed E-state index contributed by atoms with van der Waals surface area (Å²) in [5.41, 5.74) is 3.91. The van der Waals surface area contributed by atoms with Gasteiger partial charge in [0.2, 0.25) is 0 Å². The van der Waals surface area contributed by atoms with Crippen LogP contribution >= 0.6 is 0 Å². The Hall–Kier alpha value is -2.70. The second-order valence-corrected chi connectivity index (χ2v) is 3.29. The largest absolute Gasteiger partial charge is 0.417 e. The number of hydrogen-bond acceptors (Lipinski definition) is 5. The zero-order valence-corrected chi connectivity index (χ0v) is 8.38. The Morgan fingerprint density at radius 3 is 2.65 bits per heavy atom. The van der Waals surface area contributed by atoms with Crippen molar-refractivity contribution in [3.63, 3.8) is 0 Å².